The first kappa shape index (κ1) is 36.7. The third-order valence-corrected chi connectivity index (χ3v) is 9.27. The summed E-state index contributed by atoms with van der Waals surface area (Å²) >= 11 is 1.36. The Balaban J connectivity index is 0.000000181. The molecule has 0 atom stereocenters. The fourth-order valence-electron chi connectivity index (χ4n) is 7.02. The molecule has 0 aliphatic carbocycles. The second kappa shape index (κ2) is 16.4. The zero-order valence-corrected chi connectivity index (χ0v) is 32.6. The molecule has 0 N–H and O–H groups in total. The molecule has 0 bridgehead atoms. The van der Waals surface area contributed by atoms with Crippen molar-refractivity contribution in [2.45, 2.75) is 13.8 Å². The van der Waals surface area contributed by atoms with E-state index < -0.39 is 0 Å². The predicted molar refractivity (Wildman–Crippen MR) is 218 cm³/mol. The van der Waals surface area contributed by atoms with Crippen LogP contribution in [0.5, 0.6) is 0 Å². The van der Waals surface area contributed by atoms with Crippen molar-refractivity contribution in [3.05, 3.63) is 196 Å². The molecule has 0 aromatic heterocycles. The Kier molecular flexibility index (Phi) is 12.0. The van der Waals surface area contributed by atoms with E-state index in [0.717, 1.165) is 0 Å². The van der Waals surface area contributed by atoms with Crippen LogP contribution in [-0.2, 0) is 23.3 Å². The molecule has 0 spiro atoms. The van der Waals surface area contributed by atoms with Crippen molar-refractivity contribution in [1.29, 1.82) is 0 Å². The Labute approximate surface area is 314 Å². The summed E-state index contributed by atoms with van der Waals surface area (Å²) in [5.41, 5.74) is 10.5. The summed E-state index contributed by atoms with van der Waals surface area (Å²) in [4.78, 5) is 0. The molecule has 9 rings (SSSR count). The molecule has 50 heavy (non-hydrogen) atoms. The minimum absolute atomic E-state index is 0. The minimum atomic E-state index is 0. The zero-order chi connectivity index (χ0) is 33.0. The Bertz CT molecular complexity index is 2500. The first-order valence-electron chi connectivity index (χ1n) is 16.3. The molecule has 244 valence electrons. The molecule has 9 aromatic rings. The SMILES string of the molecule is Cc1cc2c(-c3cccc4ccccc34)ccc(C)c2[cH-]1.[CH3-].[CH3-].[Si]=[Zr].c1ccc(-c2cccc3[cH-]c(-c4cccc5ccccc45)cc23)cc1. The topological polar surface area (TPSA) is 0 Å². The Morgan fingerprint density at radius 1 is 0.440 bits per heavy atom. The summed E-state index contributed by atoms with van der Waals surface area (Å²) in [7, 11) is 0. The second-order valence-electron chi connectivity index (χ2n) is 12.3. The molecular formula is C48H40SiZr-4. The number of aryl methyl sites for hydroxylation is 2. The van der Waals surface area contributed by atoms with Gasteiger partial charge in [0.05, 0.1) is 0 Å². The first-order valence-corrected chi connectivity index (χ1v) is 20.5. The summed E-state index contributed by atoms with van der Waals surface area (Å²) in [6, 6.07) is 61.3. The number of hydrogen-bond donors (Lipinski definition) is 0. The van der Waals surface area contributed by atoms with Crippen LogP contribution in [0.25, 0.3) is 76.5 Å². The van der Waals surface area contributed by atoms with Gasteiger partial charge in [0, 0.05) is 0 Å². The van der Waals surface area contributed by atoms with Crippen LogP contribution < -0.4 is 0 Å². The molecule has 2 heteroatoms. The van der Waals surface area contributed by atoms with Gasteiger partial charge in [-0.05, 0) is 32.7 Å². The number of hydrogen-bond acceptors (Lipinski definition) is 0. The van der Waals surface area contributed by atoms with Crippen molar-refractivity contribution in [2.24, 2.45) is 0 Å². The van der Waals surface area contributed by atoms with E-state index in [1.165, 1.54) is 111 Å². The van der Waals surface area contributed by atoms with E-state index in [0.29, 0.717) is 0 Å². The van der Waals surface area contributed by atoms with Gasteiger partial charge < -0.3 is 14.9 Å². The maximum Gasteiger partial charge on any atom is -0.0253 e. The summed E-state index contributed by atoms with van der Waals surface area (Å²) in [5.74, 6) is 0. The number of rotatable bonds is 3. The smallest absolute Gasteiger partial charge is 0.0253 e. The largest absolute Gasteiger partial charge is 0.144 e. The molecular weight excluding hydrogens is 696 g/mol. The summed E-state index contributed by atoms with van der Waals surface area (Å²) in [6.45, 7) is 7.42. The Morgan fingerprint density at radius 3 is 1.68 bits per heavy atom. The summed E-state index contributed by atoms with van der Waals surface area (Å²) < 4.78 is 0. The molecule has 0 saturated heterocycles. The van der Waals surface area contributed by atoms with Crippen LogP contribution in [-0.4, -0.2) is 6.88 Å². The van der Waals surface area contributed by atoms with Crippen LogP contribution in [0.4, 0.5) is 0 Å². The van der Waals surface area contributed by atoms with E-state index in [-0.39, 0.29) is 14.9 Å². The third kappa shape index (κ3) is 7.15. The molecule has 0 aliphatic rings. The van der Waals surface area contributed by atoms with Crippen LogP contribution in [0.15, 0.2) is 170 Å². The minimum Gasteiger partial charge on any atom is -0.144 e. The van der Waals surface area contributed by atoms with Crippen molar-refractivity contribution < 1.29 is 23.3 Å². The quantitative estimate of drug-likeness (QED) is 0.125. The van der Waals surface area contributed by atoms with Gasteiger partial charge in [-0.15, -0.1) is 68.6 Å². The van der Waals surface area contributed by atoms with E-state index >= 15 is 0 Å². The van der Waals surface area contributed by atoms with E-state index in [1.807, 2.05) is 0 Å². The molecule has 0 aliphatic heterocycles. The van der Waals surface area contributed by atoms with Gasteiger partial charge >= 0.3 is 30.2 Å². The van der Waals surface area contributed by atoms with Gasteiger partial charge in [0.1, 0.15) is 0 Å². The summed E-state index contributed by atoms with van der Waals surface area (Å²) in [5, 5.41) is 10.6. The van der Waals surface area contributed by atoms with Gasteiger partial charge in [-0.3, -0.25) is 0 Å². The van der Waals surface area contributed by atoms with Crippen LogP contribution in [0.2, 0.25) is 0 Å². The standard InChI is InChI=1S/C25H17.C21H17.2CH3.Si.Zr/c1-2-8-18(9-3-1)23-14-7-12-20-16-21(17-25(20)23)24-15-6-11-19-10-4-5-13-22(19)24;1-14-12-20-15(2)10-11-19(21(20)13-14)18-9-5-7-16-6-3-4-8-17(16)18;;;;/h1-17H;3-13H,1-2H3;2*1H3;;/q4*-1;;. The monoisotopic (exact) mass is 734 g/mol. The third-order valence-electron chi connectivity index (χ3n) is 9.27. The van der Waals surface area contributed by atoms with Gasteiger partial charge in [-0.2, -0.15) is 6.07 Å². The fourth-order valence-corrected chi connectivity index (χ4v) is 7.02. The van der Waals surface area contributed by atoms with Crippen LogP contribution in [0.1, 0.15) is 11.1 Å². The van der Waals surface area contributed by atoms with Crippen molar-refractivity contribution in [3.8, 4) is 33.4 Å². The first-order chi connectivity index (χ1) is 23.6. The summed E-state index contributed by atoms with van der Waals surface area (Å²) in [6.07, 6.45) is 0. The van der Waals surface area contributed by atoms with E-state index in [9.17, 15) is 0 Å². The van der Waals surface area contributed by atoms with Gasteiger partial charge in [-0.25, -0.2) is 0 Å². The van der Waals surface area contributed by atoms with Crippen molar-refractivity contribution in [2.75, 3.05) is 0 Å². The molecule has 2 radical (unpaired) electrons. The Morgan fingerprint density at radius 2 is 0.980 bits per heavy atom. The maximum absolute atomic E-state index is 3.06. The van der Waals surface area contributed by atoms with Crippen LogP contribution >= 0.6 is 0 Å². The molecule has 0 fully saturated rings. The van der Waals surface area contributed by atoms with Crippen molar-refractivity contribution >= 4 is 50.0 Å². The number of benzene rings is 7. The van der Waals surface area contributed by atoms with Crippen molar-refractivity contribution in [3.63, 3.8) is 0 Å². The van der Waals surface area contributed by atoms with Gasteiger partial charge in [-0.1, -0.05) is 164 Å². The number of fused-ring (bicyclic) bond motifs is 4. The van der Waals surface area contributed by atoms with E-state index in [4.69, 9.17) is 0 Å². The molecule has 0 amide bonds. The van der Waals surface area contributed by atoms with Crippen LogP contribution in [0, 0.1) is 28.7 Å². The van der Waals surface area contributed by atoms with Gasteiger partial charge in [0.15, 0.2) is 0 Å². The normalized spacial score (nSPS) is 10.4. The van der Waals surface area contributed by atoms with Crippen molar-refractivity contribution in [1.82, 2.24) is 0 Å². The van der Waals surface area contributed by atoms with Crippen LogP contribution in [0.3, 0.4) is 0 Å². The molecule has 0 nitrogen and oxygen atoms in total. The predicted octanol–water partition coefficient (Wildman–Crippen LogP) is 13.6. The van der Waals surface area contributed by atoms with Gasteiger partial charge in [0.2, 0.25) is 0 Å². The van der Waals surface area contributed by atoms with E-state index in [1.54, 1.807) is 0 Å². The van der Waals surface area contributed by atoms with Gasteiger partial charge in [0.25, 0.3) is 0 Å². The Hall–Kier alpha value is -4.62. The maximum atomic E-state index is 3.06. The average Bonchev–Trinajstić information content (AvgIpc) is 3.77. The molecule has 0 heterocycles. The molecule has 0 unspecified atom stereocenters. The molecule has 9 aromatic carbocycles. The fraction of sp³-hybridized carbons (Fsp3) is 0.0417. The van der Waals surface area contributed by atoms with E-state index in [2.05, 4.69) is 191 Å². The zero-order valence-electron chi connectivity index (χ0n) is 29.2. The average molecular weight is 736 g/mol. The second-order valence-corrected chi connectivity index (χ2v) is 12.3. The molecule has 0 saturated carbocycles.